The van der Waals surface area contributed by atoms with Crippen molar-refractivity contribution < 1.29 is 0 Å². The molecule has 1 aromatic heterocycles. The average molecular weight is 177 g/mol. The van der Waals surface area contributed by atoms with E-state index < -0.39 is 0 Å². The summed E-state index contributed by atoms with van der Waals surface area (Å²) in [6, 6.07) is 4.01. The highest BCUT2D eigenvalue weighted by atomic mass is 15.1. The van der Waals surface area contributed by atoms with Gasteiger partial charge in [0.05, 0.1) is 0 Å². The summed E-state index contributed by atoms with van der Waals surface area (Å²) >= 11 is 0. The summed E-state index contributed by atoms with van der Waals surface area (Å²) in [5.74, 6) is 0. The molecule has 70 valence electrons. The molecule has 0 aliphatic heterocycles. The van der Waals surface area contributed by atoms with Crippen LogP contribution < -0.4 is 10.6 Å². The molecule has 1 aliphatic carbocycles. The molecule has 0 aromatic carbocycles. The van der Waals surface area contributed by atoms with Gasteiger partial charge in [-0.2, -0.15) is 0 Å². The molecule has 0 saturated heterocycles. The van der Waals surface area contributed by atoms with Gasteiger partial charge >= 0.3 is 0 Å². The number of aromatic nitrogens is 1. The normalized spacial score (nSPS) is 18.3. The Morgan fingerprint density at radius 1 is 1.46 bits per heavy atom. The van der Waals surface area contributed by atoms with Gasteiger partial charge in [-0.15, -0.1) is 0 Å². The van der Waals surface area contributed by atoms with Crippen molar-refractivity contribution in [3.05, 3.63) is 24.5 Å². The molecule has 0 amide bonds. The van der Waals surface area contributed by atoms with E-state index in [1.165, 1.54) is 5.69 Å². The van der Waals surface area contributed by atoms with E-state index in [1.807, 2.05) is 24.5 Å². The van der Waals surface area contributed by atoms with E-state index in [4.69, 9.17) is 5.73 Å². The van der Waals surface area contributed by atoms with Crippen LogP contribution >= 0.6 is 0 Å². The van der Waals surface area contributed by atoms with Crippen LogP contribution in [-0.2, 0) is 0 Å². The predicted molar refractivity (Wildman–Crippen MR) is 53.7 cm³/mol. The molecule has 13 heavy (non-hydrogen) atoms. The van der Waals surface area contributed by atoms with Crippen LogP contribution in [0, 0.1) is 0 Å². The zero-order valence-electron chi connectivity index (χ0n) is 7.90. The Morgan fingerprint density at radius 2 is 2.08 bits per heavy atom. The summed E-state index contributed by atoms with van der Waals surface area (Å²) in [4.78, 5) is 6.17. The predicted octanol–water partition coefficient (Wildman–Crippen LogP) is 1.01. The van der Waals surface area contributed by atoms with Crippen molar-refractivity contribution in [3.8, 4) is 0 Å². The standard InChI is InChI=1S/C10H15N3/c1-13(8-10(11)4-5-10)9-2-6-12-7-3-9/h2-3,6-7H,4-5,8,11H2,1H3. The van der Waals surface area contributed by atoms with Crippen LogP contribution in [0.25, 0.3) is 0 Å². The van der Waals surface area contributed by atoms with Gasteiger partial charge in [0.2, 0.25) is 0 Å². The van der Waals surface area contributed by atoms with Gasteiger partial charge in [-0.05, 0) is 25.0 Å². The fraction of sp³-hybridized carbons (Fsp3) is 0.500. The number of hydrogen-bond acceptors (Lipinski definition) is 3. The minimum Gasteiger partial charge on any atom is -0.373 e. The van der Waals surface area contributed by atoms with Crippen molar-refractivity contribution in [2.75, 3.05) is 18.5 Å². The van der Waals surface area contributed by atoms with Crippen molar-refractivity contribution in [3.63, 3.8) is 0 Å². The second kappa shape index (κ2) is 3.00. The number of pyridine rings is 1. The minimum absolute atomic E-state index is 0.0814. The van der Waals surface area contributed by atoms with E-state index in [2.05, 4.69) is 16.9 Å². The van der Waals surface area contributed by atoms with E-state index in [9.17, 15) is 0 Å². The Bertz CT molecular complexity index is 279. The molecule has 0 unspecified atom stereocenters. The smallest absolute Gasteiger partial charge is 0.0395 e. The molecule has 1 saturated carbocycles. The molecule has 0 spiro atoms. The molecule has 0 radical (unpaired) electrons. The van der Waals surface area contributed by atoms with Gasteiger partial charge in [-0.25, -0.2) is 0 Å². The Labute approximate surface area is 78.6 Å². The molecular formula is C10H15N3. The summed E-state index contributed by atoms with van der Waals surface area (Å²) in [5.41, 5.74) is 7.30. The van der Waals surface area contributed by atoms with E-state index in [1.54, 1.807) is 0 Å². The maximum absolute atomic E-state index is 6.03. The van der Waals surface area contributed by atoms with Gasteiger partial charge in [0.15, 0.2) is 0 Å². The van der Waals surface area contributed by atoms with Crippen LogP contribution in [0.2, 0.25) is 0 Å². The Hall–Kier alpha value is -1.09. The second-order valence-corrected chi connectivity index (χ2v) is 3.92. The fourth-order valence-corrected chi connectivity index (χ4v) is 1.48. The summed E-state index contributed by atoms with van der Waals surface area (Å²) in [6.45, 7) is 0.941. The first-order chi connectivity index (χ1) is 6.20. The molecule has 3 nitrogen and oxygen atoms in total. The molecule has 2 rings (SSSR count). The topological polar surface area (TPSA) is 42.1 Å². The zero-order chi connectivity index (χ0) is 9.31. The van der Waals surface area contributed by atoms with E-state index in [0.717, 1.165) is 19.4 Å². The molecule has 2 N–H and O–H groups in total. The van der Waals surface area contributed by atoms with Crippen LogP contribution in [0.5, 0.6) is 0 Å². The van der Waals surface area contributed by atoms with Gasteiger partial charge in [-0.3, -0.25) is 4.98 Å². The van der Waals surface area contributed by atoms with Crippen LogP contribution in [0.1, 0.15) is 12.8 Å². The lowest BCUT2D eigenvalue weighted by atomic mass is 10.2. The highest BCUT2D eigenvalue weighted by molar-refractivity contribution is 5.44. The Morgan fingerprint density at radius 3 is 2.62 bits per heavy atom. The Balaban J connectivity index is 2.01. The number of likely N-dealkylation sites (N-methyl/N-ethyl adjacent to an activating group) is 1. The first kappa shape index (κ1) is 8.51. The van der Waals surface area contributed by atoms with Crippen molar-refractivity contribution in [1.29, 1.82) is 0 Å². The maximum atomic E-state index is 6.03. The monoisotopic (exact) mass is 177 g/mol. The molecule has 0 atom stereocenters. The lowest BCUT2D eigenvalue weighted by Gasteiger charge is -2.22. The summed E-state index contributed by atoms with van der Waals surface area (Å²) in [7, 11) is 2.07. The number of nitrogens with zero attached hydrogens (tertiary/aromatic N) is 2. The second-order valence-electron chi connectivity index (χ2n) is 3.92. The van der Waals surface area contributed by atoms with Crippen LogP contribution in [0.15, 0.2) is 24.5 Å². The van der Waals surface area contributed by atoms with Crippen molar-refractivity contribution in [2.24, 2.45) is 5.73 Å². The van der Waals surface area contributed by atoms with Gasteiger partial charge in [0, 0.05) is 37.2 Å². The average Bonchev–Trinajstić information content (AvgIpc) is 2.85. The number of hydrogen-bond donors (Lipinski definition) is 1. The first-order valence-corrected chi connectivity index (χ1v) is 4.60. The van der Waals surface area contributed by atoms with E-state index >= 15 is 0 Å². The summed E-state index contributed by atoms with van der Waals surface area (Å²) < 4.78 is 0. The molecule has 3 heteroatoms. The quantitative estimate of drug-likeness (QED) is 0.749. The highest BCUT2D eigenvalue weighted by Crippen LogP contribution is 2.33. The lowest BCUT2D eigenvalue weighted by molar-refractivity contribution is 0.660. The van der Waals surface area contributed by atoms with Crippen molar-refractivity contribution >= 4 is 5.69 Å². The summed E-state index contributed by atoms with van der Waals surface area (Å²) in [5, 5.41) is 0. The minimum atomic E-state index is 0.0814. The lowest BCUT2D eigenvalue weighted by Crippen LogP contribution is -2.37. The zero-order valence-corrected chi connectivity index (χ0v) is 7.90. The van der Waals surface area contributed by atoms with Crippen molar-refractivity contribution in [1.82, 2.24) is 4.98 Å². The first-order valence-electron chi connectivity index (χ1n) is 4.60. The van der Waals surface area contributed by atoms with Gasteiger partial charge < -0.3 is 10.6 Å². The Kier molecular flexibility index (Phi) is 1.96. The van der Waals surface area contributed by atoms with Crippen molar-refractivity contribution in [2.45, 2.75) is 18.4 Å². The molecule has 0 bridgehead atoms. The third kappa shape index (κ3) is 1.98. The number of rotatable bonds is 3. The highest BCUT2D eigenvalue weighted by Gasteiger charge is 2.39. The van der Waals surface area contributed by atoms with Gasteiger partial charge in [0.1, 0.15) is 0 Å². The SMILES string of the molecule is CN(CC1(N)CC1)c1ccncc1. The van der Waals surface area contributed by atoms with Gasteiger partial charge in [0.25, 0.3) is 0 Å². The molecule has 1 aromatic rings. The number of anilines is 1. The van der Waals surface area contributed by atoms with Crippen LogP contribution in [0.4, 0.5) is 5.69 Å². The largest absolute Gasteiger partial charge is 0.373 e. The number of nitrogens with two attached hydrogens (primary N) is 1. The van der Waals surface area contributed by atoms with E-state index in [-0.39, 0.29) is 5.54 Å². The van der Waals surface area contributed by atoms with Crippen LogP contribution in [-0.4, -0.2) is 24.1 Å². The third-order valence-electron chi connectivity index (χ3n) is 2.55. The van der Waals surface area contributed by atoms with E-state index in [0.29, 0.717) is 0 Å². The molecule has 1 fully saturated rings. The molecule has 1 aliphatic rings. The molecule has 1 heterocycles. The maximum Gasteiger partial charge on any atom is 0.0395 e. The van der Waals surface area contributed by atoms with Crippen LogP contribution in [0.3, 0.4) is 0 Å². The third-order valence-corrected chi connectivity index (χ3v) is 2.55. The molecular weight excluding hydrogens is 162 g/mol. The fourth-order valence-electron chi connectivity index (χ4n) is 1.48. The summed E-state index contributed by atoms with van der Waals surface area (Å²) in [6.07, 6.45) is 5.93. The van der Waals surface area contributed by atoms with Gasteiger partial charge in [-0.1, -0.05) is 0 Å².